The molecule has 0 amide bonds. The Morgan fingerprint density at radius 1 is 1.47 bits per heavy atom. The maximum atomic E-state index is 10.7. The zero-order valence-electron chi connectivity index (χ0n) is 7.77. The quantitative estimate of drug-likeness (QED) is 0.687. The van der Waals surface area contributed by atoms with Gasteiger partial charge in [0.1, 0.15) is 0 Å². The van der Waals surface area contributed by atoms with Crippen LogP contribution in [0.5, 0.6) is 0 Å². The molecule has 0 fully saturated rings. The zero-order chi connectivity index (χ0) is 10.8. The number of aromatic amines is 1. The summed E-state index contributed by atoms with van der Waals surface area (Å²) in [5.41, 5.74) is 7.12. The standard InChI is InChI=1S/C10H9N3O2/c11-10-12-5-8(13-10)6-2-1-3-7(4-6)9(14)15/h1-5H,(H,14,15)(H3,11,12,13). The molecule has 0 aliphatic heterocycles. The summed E-state index contributed by atoms with van der Waals surface area (Å²) in [6.45, 7) is 0. The lowest BCUT2D eigenvalue weighted by Crippen LogP contribution is -1.95. The first-order valence-electron chi connectivity index (χ1n) is 4.31. The number of hydrogen-bond donors (Lipinski definition) is 3. The maximum absolute atomic E-state index is 10.7. The number of nitrogens with zero attached hydrogens (tertiary/aromatic N) is 1. The second-order valence-electron chi connectivity index (χ2n) is 3.07. The Balaban J connectivity index is 2.45. The monoisotopic (exact) mass is 203 g/mol. The third-order valence-electron chi connectivity index (χ3n) is 2.02. The number of carbonyl (C=O) groups is 1. The van der Waals surface area contributed by atoms with Crippen LogP contribution < -0.4 is 5.73 Å². The van der Waals surface area contributed by atoms with E-state index in [1.165, 1.54) is 6.07 Å². The molecule has 5 nitrogen and oxygen atoms in total. The van der Waals surface area contributed by atoms with Crippen LogP contribution >= 0.6 is 0 Å². The Labute approximate surface area is 85.6 Å². The van der Waals surface area contributed by atoms with Gasteiger partial charge in [0.15, 0.2) is 5.95 Å². The van der Waals surface area contributed by atoms with Crippen molar-refractivity contribution in [2.45, 2.75) is 0 Å². The molecule has 0 bridgehead atoms. The summed E-state index contributed by atoms with van der Waals surface area (Å²) >= 11 is 0. The number of imidazole rings is 1. The molecule has 0 aliphatic rings. The smallest absolute Gasteiger partial charge is 0.335 e. The van der Waals surface area contributed by atoms with Gasteiger partial charge < -0.3 is 15.8 Å². The number of hydrogen-bond acceptors (Lipinski definition) is 3. The zero-order valence-corrected chi connectivity index (χ0v) is 7.77. The van der Waals surface area contributed by atoms with Crippen molar-refractivity contribution in [2.75, 3.05) is 5.73 Å². The van der Waals surface area contributed by atoms with Crippen LogP contribution in [0.3, 0.4) is 0 Å². The number of nitrogens with one attached hydrogen (secondary N) is 1. The summed E-state index contributed by atoms with van der Waals surface area (Å²) in [6, 6.07) is 6.57. The number of carboxylic acids is 1. The highest BCUT2D eigenvalue weighted by Gasteiger charge is 2.05. The summed E-state index contributed by atoms with van der Waals surface area (Å²) in [5.74, 6) is -0.643. The van der Waals surface area contributed by atoms with Crippen LogP contribution in [0.2, 0.25) is 0 Å². The molecule has 15 heavy (non-hydrogen) atoms. The lowest BCUT2D eigenvalue weighted by molar-refractivity contribution is 0.0697. The Morgan fingerprint density at radius 3 is 2.87 bits per heavy atom. The topological polar surface area (TPSA) is 92.0 Å². The first-order chi connectivity index (χ1) is 7.16. The van der Waals surface area contributed by atoms with Gasteiger partial charge in [-0.2, -0.15) is 0 Å². The summed E-state index contributed by atoms with van der Waals surface area (Å²) < 4.78 is 0. The molecule has 1 heterocycles. The van der Waals surface area contributed by atoms with Gasteiger partial charge in [0.2, 0.25) is 0 Å². The summed E-state index contributed by atoms with van der Waals surface area (Å²) in [7, 11) is 0. The van der Waals surface area contributed by atoms with E-state index in [-0.39, 0.29) is 5.56 Å². The van der Waals surface area contributed by atoms with Crippen molar-refractivity contribution in [3.05, 3.63) is 36.0 Å². The van der Waals surface area contributed by atoms with Crippen LogP contribution in [0, 0.1) is 0 Å². The second kappa shape index (κ2) is 3.45. The van der Waals surface area contributed by atoms with Gasteiger partial charge in [0, 0.05) is 5.56 Å². The number of H-pyrrole nitrogens is 1. The summed E-state index contributed by atoms with van der Waals surface area (Å²) in [6.07, 6.45) is 1.57. The van der Waals surface area contributed by atoms with Crippen molar-refractivity contribution in [1.29, 1.82) is 0 Å². The van der Waals surface area contributed by atoms with Crippen molar-refractivity contribution in [3.8, 4) is 11.3 Å². The van der Waals surface area contributed by atoms with E-state index in [2.05, 4.69) is 9.97 Å². The number of nitrogens with two attached hydrogens (primary N) is 1. The number of benzene rings is 1. The molecule has 0 saturated heterocycles. The molecule has 0 unspecified atom stereocenters. The van der Waals surface area contributed by atoms with Crippen LogP contribution in [0.25, 0.3) is 11.3 Å². The SMILES string of the molecule is Nc1ncc(-c2cccc(C(=O)O)c2)[nH]1. The van der Waals surface area contributed by atoms with E-state index in [4.69, 9.17) is 10.8 Å². The van der Waals surface area contributed by atoms with Crippen molar-refractivity contribution in [1.82, 2.24) is 9.97 Å². The van der Waals surface area contributed by atoms with Crippen LogP contribution in [-0.4, -0.2) is 21.0 Å². The normalized spacial score (nSPS) is 10.1. The molecule has 1 aromatic carbocycles. The molecule has 4 N–H and O–H groups in total. The number of nitrogen functional groups attached to an aromatic ring is 1. The predicted octanol–water partition coefficient (Wildman–Crippen LogP) is 1.36. The molecule has 0 radical (unpaired) electrons. The Morgan fingerprint density at radius 2 is 2.27 bits per heavy atom. The van der Waals surface area contributed by atoms with Crippen molar-refractivity contribution < 1.29 is 9.90 Å². The molecule has 5 heteroatoms. The number of rotatable bonds is 2. The fourth-order valence-electron chi connectivity index (χ4n) is 1.30. The highest BCUT2D eigenvalue weighted by atomic mass is 16.4. The molecular formula is C10H9N3O2. The van der Waals surface area contributed by atoms with Gasteiger partial charge in [-0.15, -0.1) is 0 Å². The van der Waals surface area contributed by atoms with Gasteiger partial charge in [-0.25, -0.2) is 9.78 Å². The average Bonchev–Trinajstić information content (AvgIpc) is 2.65. The minimum Gasteiger partial charge on any atom is -0.478 e. The van der Waals surface area contributed by atoms with Crippen molar-refractivity contribution >= 4 is 11.9 Å². The average molecular weight is 203 g/mol. The first-order valence-corrected chi connectivity index (χ1v) is 4.31. The molecule has 0 saturated carbocycles. The fourth-order valence-corrected chi connectivity index (χ4v) is 1.30. The van der Waals surface area contributed by atoms with Crippen LogP contribution in [0.15, 0.2) is 30.5 Å². The Hall–Kier alpha value is -2.30. The largest absolute Gasteiger partial charge is 0.478 e. The first kappa shape index (κ1) is 9.26. The third-order valence-corrected chi connectivity index (χ3v) is 2.02. The van der Waals surface area contributed by atoms with E-state index < -0.39 is 5.97 Å². The Kier molecular flexibility index (Phi) is 2.13. The van der Waals surface area contributed by atoms with Crippen molar-refractivity contribution in [3.63, 3.8) is 0 Å². The lowest BCUT2D eigenvalue weighted by atomic mass is 10.1. The fraction of sp³-hybridized carbons (Fsp3) is 0. The van der Waals surface area contributed by atoms with Gasteiger partial charge >= 0.3 is 5.97 Å². The lowest BCUT2D eigenvalue weighted by Gasteiger charge is -1.98. The van der Waals surface area contributed by atoms with E-state index in [1.54, 1.807) is 24.4 Å². The van der Waals surface area contributed by atoms with Crippen LogP contribution in [0.4, 0.5) is 5.95 Å². The molecule has 0 aliphatic carbocycles. The number of anilines is 1. The highest BCUT2D eigenvalue weighted by molar-refractivity contribution is 5.89. The molecule has 1 aromatic heterocycles. The van der Waals surface area contributed by atoms with Gasteiger partial charge in [0.05, 0.1) is 17.5 Å². The van der Waals surface area contributed by atoms with Gasteiger partial charge in [-0.3, -0.25) is 0 Å². The minimum atomic E-state index is -0.954. The van der Waals surface area contributed by atoms with E-state index in [0.29, 0.717) is 11.6 Å². The van der Waals surface area contributed by atoms with Gasteiger partial charge in [-0.1, -0.05) is 12.1 Å². The number of aromatic nitrogens is 2. The second-order valence-corrected chi connectivity index (χ2v) is 3.07. The van der Waals surface area contributed by atoms with Gasteiger partial charge in [-0.05, 0) is 12.1 Å². The molecular weight excluding hydrogens is 194 g/mol. The minimum absolute atomic E-state index is 0.237. The summed E-state index contributed by atoms with van der Waals surface area (Å²) in [4.78, 5) is 17.4. The molecule has 76 valence electrons. The molecule has 2 rings (SSSR count). The molecule has 0 spiro atoms. The van der Waals surface area contributed by atoms with Crippen LogP contribution in [0.1, 0.15) is 10.4 Å². The predicted molar refractivity (Wildman–Crippen MR) is 55.4 cm³/mol. The number of carboxylic acid groups (broad SMARTS) is 1. The van der Waals surface area contributed by atoms with E-state index in [1.807, 2.05) is 0 Å². The summed E-state index contributed by atoms with van der Waals surface area (Å²) in [5, 5.41) is 8.81. The Bertz CT molecular complexity index is 505. The van der Waals surface area contributed by atoms with Gasteiger partial charge in [0.25, 0.3) is 0 Å². The van der Waals surface area contributed by atoms with E-state index >= 15 is 0 Å². The maximum Gasteiger partial charge on any atom is 0.335 e. The molecule has 2 aromatic rings. The highest BCUT2D eigenvalue weighted by Crippen LogP contribution is 2.18. The van der Waals surface area contributed by atoms with E-state index in [0.717, 1.165) is 5.56 Å². The number of aromatic carboxylic acids is 1. The van der Waals surface area contributed by atoms with Crippen molar-refractivity contribution in [2.24, 2.45) is 0 Å². The van der Waals surface area contributed by atoms with Crippen LogP contribution in [-0.2, 0) is 0 Å². The third kappa shape index (κ3) is 1.80. The van der Waals surface area contributed by atoms with E-state index in [9.17, 15) is 4.79 Å². The molecule has 0 atom stereocenters.